The monoisotopic (exact) mass is 374 g/mol. The van der Waals surface area contributed by atoms with Gasteiger partial charge in [0.05, 0.1) is 16.8 Å². The molecule has 148 valence electrons. The molecule has 1 aliphatic heterocycles. The van der Waals surface area contributed by atoms with E-state index in [9.17, 15) is 15.0 Å². The van der Waals surface area contributed by atoms with E-state index < -0.39 is 17.7 Å². The van der Waals surface area contributed by atoms with Crippen LogP contribution in [0.5, 0.6) is 5.75 Å². The van der Waals surface area contributed by atoms with Crippen LogP contribution < -0.4 is 0 Å². The zero-order valence-corrected chi connectivity index (χ0v) is 16.5. The molecule has 0 amide bonds. The number of hydrogen-bond donors (Lipinski definition) is 2. The third-order valence-corrected chi connectivity index (χ3v) is 5.77. The summed E-state index contributed by atoms with van der Waals surface area (Å²) in [5.74, 6) is -0.181. The molecular formula is C22H30O5. The third-order valence-electron chi connectivity index (χ3n) is 5.77. The molecule has 1 aromatic rings. The maximum atomic E-state index is 12.7. The first-order valence-electron chi connectivity index (χ1n) is 9.71. The molecule has 5 atom stereocenters. The Labute approximate surface area is 161 Å². The Morgan fingerprint density at radius 2 is 1.89 bits per heavy atom. The number of rotatable bonds is 3. The van der Waals surface area contributed by atoms with Crippen LogP contribution in [-0.4, -0.2) is 39.6 Å². The van der Waals surface area contributed by atoms with Crippen LogP contribution in [0.2, 0.25) is 0 Å². The zero-order chi connectivity index (χ0) is 19.8. The van der Waals surface area contributed by atoms with E-state index in [2.05, 4.69) is 20.8 Å². The fourth-order valence-corrected chi connectivity index (χ4v) is 3.91. The standard InChI is InChI=1S/C22H30O5/c1-14(2)17-10-13-21(3,25)11-5-12-22(4)19(27-22)18(17)26-20(24)15-6-8-16(23)9-7-15/h6-10,13-14,17-19,23,25H,5,11-12H2,1-4H3/b13-10-. The highest BCUT2D eigenvalue weighted by molar-refractivity contribution is 5.89. The Kier molecular flexibility index (Phi) is 5.37. The lowest BCUT2D eigenvalue weighted by Gasteiger charge is -2.30. The maximum Gasteiger partial charge on any atom is 0.338 e. The third kappa shape index (κ3) is 4.53. The van der Waals surface area contributed by atoms with E-state index in [4.69, 9.17) is 9.47 Å². The smallest absolute Gasteiger partial charge is 0.338 e. The van der Waals surface area contributed by atoms with Gasteiger partial charge in [0.25, 0.3) is 0 Å². The Bertz CT molecular complexity index is 706. The number of benzene rings is 1. The van der Waals surface area contributed by atoms with Crippen molar-refractivity contribution in [3.8, 4) is 5.75 Å². The van der Waals surface area contributed by atoms with E-state index in [1.54, 1.807) is 12.1 Å². The van der Waals surface area contributed by atoms with Crippen LogP contribution >= 0.6 is 0 Å². The van der Waals surface area contributed by atoms with E-state index in [1.165, 1.54) is 12.1 Å². The second-order valence-corrected chi connectivity index (χ2v) is 8.66. The van der Waals surface area contributed by atoms with E-state index in [-0.39, 0.29) is 29.3 Å². The fraction of sp³-hybridized carbons (Fsp3) is 0.591. The Hall–Kier alpha value is -1.85. The summed E-state index contributed by atoms with van der Waals surface area (Å²) in [5.41, 5.74) is -0.809. The first-order valence-corrected chi connectivity index (χ1v) is 9.71. The number of aliphatic hydroxyl groups is 1. The van der Waals surface area contributed by atoms with Gasteiger partial charge in [0.15, 0.2) is 0 Å². The number of esters is 1. The summed E-state index contributed by atoms with van der Waals surface area (Å²) in [6, 6.07) is 6.04. The Morgan fingerprint density at radius 3 is 2.52 bits per heavy atom. The van der Waals surface area contributed by atoms with Gasteiger partial charge in [0, 0.05) is 5.92 Å². The molecular weight excluding hydrogens is 344 g/mol. The molecule has 5 nitrogen and oxygen atoms in total. The number of hydrogen-bond acceptors (Lipinski definition) is 5. The Morgan fingerprint density at radius 1 is 1.22 bits per heavy atom. The van der Waals surface area contributed by atoms with Gasteiger partial charge < -0.3 is 19.7 Å². The second-order valence-electron chi connectivity index (χ2n) is 8.66. The normalized spacial score (nSPS) is 37.3. The van der Waals surface area contributed by atoms with Crippen molar-refractivity contribution in [3.63, 3.8) is 0 Å². The minimum Gasteiger partial charge on any atom is -0.508 e. The van der Waals surface area contributed by atoms with Crippen LogP contribution in [0.15, 0.2) is 36.4 Å². The van der Waals surface area contributed by atoms with E-state index in [0.29, 0.717) is 12.0 Å². The SMILES string of the molecule is CC(C)C1/C=C\C(C)(O)CCCC2(C)OC2C1OC(=O)c1ccc(O)cc1. The van der Waals surface area contributed by atoms with Gasteiger partial charge in [-0.25, -0.2) is 4.79 Å². The van der Waals surface area contributed by atoms with E-state index in [0.717, 1.165) is 12.8 Å². The first kappa shape index (κ1) is 19.9. The topological polar surface area (TPSA) is 79.3 Å². The summed E-state index contributed by atoms with van der Waals surface area (Å²) in [7, 11) is 0. The molecule has 1 aliphatic carbocycles. The largest absolute Gasteiger partial charge is 0.508 e. The van der Waals surface area contributed by atoms with Gasteiger partial charge in [-0.15, -0.1) is 0 Å². The first-order chi connectivity index (χ1) is 12.6. The lowest BCUT2D eigenvalue weighted by molar-refractivity contribution is 0.00418. The lowest BCUT2D eigenvalue weighted by atomic mass is 9.81. The van der Waals surface area contributed by atoms with Crippen molar-refractivity contribution in [2.75, 3.05) is 0 Å². The molecule has 5 unspecified atom stereocenters. The van der Waals surface area contributed by atoms with Gasteiger partial charge in [-0.05, 0) is 63.3 Å². The number of carbonyl (C=O) groups is 1. The summed E-state index contributed by atoms with van der Waals surface area (Å²) < 4.78 is 12.0. The minimum absolute atomic E-state index is 0.0672. The number of ether oxygens (including phenoxy) is 2. The number of phenols is 1. The van der Waals surface area contributed by atoms with Crippen molar-refractivity contribution >= 4 is 5.97 Å². The molecule has 1 heterocycles. The molecule has 2 aliphatic rings. The van der Waals surface area contributed by atoms with Crippen LogP contribution in [0.4, 0.5) is 0 Å². The molecule has 2 N–H and O–H groups in total. The van der Waals surface area contributed by atoms with Gasteiger partial charge in [-0.3, -0.25) is 0 Å². The molecule has 0 spiro atoms. The van der Waals surface area contributed by atoms with Crippen molar-refractivity contribution in [1.82, 2.24) is 0 Å². The highest BCUT2D eigenvalue weighted by atomic mass is 16.6. The Balaban J connectivity index is 1.88. The van der Waals surface area contributed by atoms with Crippen LogP contribution in [-0.2, 0) is 9.47 Å². The van der Waals surface area contributed by atoms with Gasteiger partial charge in [-0.1, -0.05) is 26.0 Å². The highest BCUT2D eigenvalue weighted by Gasteiger charge is 2.59. The van der Waals surface area contributed by atoms with Crippen LogP contribution in [0.3, 0.4) is 0 Å². The molecule has 0 radical (unpaired) electrons. The molecule has 0 aromatic heterocycles. The van der Waals surface area contributed by atoms with Crippen molar-refractivity contribution in [1.29, 1.82) is 0 Å². The zero-order valence-electron chi connectivity index (χ0n) is 16.5. The van der Waals surface area contributed by atoms with Gasteiger partial charge in [0.2, 0.25) is 0 Å². The number of phenolic OH excluding ortho intramolecular Hbond substituents is 1. The summed E-state index contributed by atoms with van der Waals surface area (Å²) in [6.07, 6.45) is 5.57. The van der Waals surface area contributed by atoms with Crippen molar-refractivity contribution < 1.29 is 24.5 Å². The molecule has 0 saturated carbocycles. The maximum absolute atomic E-state index is 12.7. The number of epoxide rings is 1. The van der Waals surface area contributed by atoms with Crippen LogP contribution in [0, 0.1) is 11.8 Å². The second kappa shape index (κ2) is 7.28. The molecule has 0 bridgehead atoms. The summed E-state index contributed by atoms with van der Waals surface area (Å²) in [5, 5.41) is 20.0. The molecule has 1 saturated heterocycles. The minimum atomic E-state index is -0.878. The quantitative estimate of drug-likeness (QED) is 0.477. The molecule has 1 aromatic carbocycles. The fourth-order valence-electron chi connectivity index (χ4n) is 3.91. The van der Waals surface area contributed by atoms with Crippen molar-refractivity contribution in [2.45, 2.75) is 70.4 Å². The molecule has 3 rings (SSSR count). The predicted octanol–water partition coefficient (Wildman–Crippen LogP) is 3.84. The highest BCUT2D eigenvalue weighted by Crippen LogP contribution is 2.47. The predicted molar refractivity (Wildman–Crippen MR) is 103 cm³/mol. The summed E-state index contributed by atoms with van der Waals surface area (Å²) >= 11 is 0. The van der Waals surface area contributed by atoms with E-state index >= 15 is 0 Å². The van der Waals surface area contributed by atoms with Crippen LogP contribution in [0.25, 0.3) is 0 Å². The average molecular weight is 374 g/mol. The molecule has 1 fully saturated rings. The molecule has 27 heavy (non-hydrogen) atoms. The average Bonchev–Trinajstić information content (AvgIpc) is 3.24. The van der Waals surface area contributed by atoms with Crippen molar-refractivity contribution in [2.24, 2.45) is 11.8 Å². The van der Waals surface area contributed by atoms with Gasteiger partial charge in [0.1, 0.15) is 18.0 Å². The van der Waals surface area contributed by atoms with Gasteiger partial charge in [-0.2, -0.15) is 0 Å². The van der Waals surface area contributed by atoms with E-state index in [1.807, 2.05) is 19.1 Å². The number of fused-ring (bicyclic) bond motifs is 1. The summed E-state index contributed by atoms with van der Waals surface area (Å²) in [4.78, 5) is 12.7. The number of aromatic hydroxyl groups is 1. The van der Waals surface area contributed by atoms with Crippen LogP contribution in [0.1, 0.15) is 57.3 Å². The van der Waals surface area contributed by atoms with Crippen molar-refractivity contribution in [3.05, 3.63) is 42.0 Å². The molecule has 5 heteroatoms. The van der Waals surface area contributed by atoms with Gasteiger partial charge >= 0.3 is 5.97 Å². The summed E-state index contributed by atoms with van der Waals surface area (Å²) in [6.45, 7) is 8.03. The number of carbonyl (C=O) groups excluding carboxylic acids is 1. The lowest BCUT2D eigenvalue weighted by Crippen LogP contribution is -2.38.